The number of piperazine rings is 1. The molecule has 2 aliphatic heterocycles. The second kappa shape index (κ2) is 7.62. The third kappa shape index (κ3) is 3.38. The van der Waals surface area contributed by atoms with Gasteiger partial charge in [0, 0.05) is 43.8 Å². The maximum absolute atomic E-state index is 5.93. The summed E-state index contributed by atoms with van der Waals surface area (Å²) in [5, 5.41) is 0. The summed E-state index contributed by atoms with van der Waals surface area (Å²) >= 11 is 0. The van der Waals surface area contributed by atoms with Gasteiger partial charge in [-0.2, -0.15) is 0 Å². The van der Waals surface area contributed by atoms with Crippen molar-refractivity contribution in [3.63, 3.8) is 0 Å². The molecule has 2 saturated heterocycles. The molecule has 0 amide bonds. The monoisotopic (exact) mass is 362 g/mol. The minimum absolute atomic E-state index is 0.509. The SMILES string of the molecule is COc1ccc(CN2CCN3[C@@H](COC[C@@H]3C3CC3)C2)c(OC)c1OC. The van der Waals surface area contributed by atoms with Gasteiger partial charge in [0.05, 0.1) is 34.5 Å². The number of hydrogen-bond acceptors (Lipinski definition) is 6. The molecule has 0 spiro atoms. The zero-order valence-electron chi connectivity index (χ0n) is 16.1. The Morgan fingerprint density at radius 1 is 1.00 bits per heavy atom. The van der Waals surface area contributed by atoms with E-state index >= 15 is 0 Å². The number of rotatable bonds is 6. The van der Waals surface area contributed by atoms with Crippen molar-refractivity contribution in [2.45, 2.75) is 31.5 Å². The molecule has 0 radical (unpaired) electrons. The number of morpholine rings is 1. The smallest absolute Gasteiger partial charge is 0.203 e. The topological polar surface area (TPSA) is 43.4 Å². The number of nitrogens with zero attached hydrogens (tertiary/aromatic N) is 2. The fourth-order valence-corrected chi connectivity index (χ4v) is 4.50. The van der Waals surface area contributed by atoms with Gasteiger partial charge >= 0.3 is 0 Å². The number of methoxy groups -OCH3 is 3. The van der Waals surface area contributed by atoms with Crippen molar-refractivity contribution < 1.29 is 18.9 Å². The Morgan fingerprint density at radius 3 is 2.50 bits per heavy atom. The van der Waals surface area contributed by atoms with Crippen molar-refractivity contribution in [2.24, 2.45) is 5.92 Å². The van der Waals surface area contributed by atoms with Crippen LogP contribution in [0.1, 0.15) is 18.4 Å². The first-order valence-corrected chi connectivity index (χ1v) is 9.58. The Labute approximate surface area is 155 Å². The van der Waals surface area contributed by atoms with E-state index in [1.165, 1.54) is 12.8 Å². The Balaban J connectivity index is 1.47. The first kappa shape index (κ1) is 17.9. The summed E-state index contributed by atoms with van der Waals surface area (Å²) in [4.78, 5) is 5.22. The molecule has 0 bridgehead atoms. The van der Waals surface area contributed by atoms with Gasteiger partial charge in [-0.25, -0.2) is 0 Å². The molecular weight excluding hydrogens is 332 g/mol. The summed E-state index contributed by atoms with van der Waals surface area (Å²) in [7, 11) is 4.99. The molecule has 4 rings (SSSR count). The van der Waals surface area contributed by atoms with E-state index in [1.807, 2.05) is 6.07 Å². The number of fused-ring (bicyclic) bond motifs is 1. The van der Waals surface area contributed by atoms with Crippen molar-refractivity contribution in [1.29, 1.82) is 0 Å². The molecule has 3 aliphatic rings. The zero-order valence-corrected chi connectivity index (χ0v) is 16.1. The molecule has 1 aromatic carbocycles. The van der Waals surface area contributed by atoms with Crippen LogP contribution in [-0.4, -0.2) is 76.1 Å². The molecule has 2 atom stereocenters. The molecule has 0 aromatic heterocycles. The van der Waals surface area contributed by atoms with E-state index in [0.717, 1.165) is 56.6 Å². The predicted octanol–water partition coefficient (Wildman–Crippen LogP) is 2.01. The minimum atomic E-state index is 0.509. The van der Waals surface area contributed by atoms with Crippen LogP contribution in [0.4, 0.5) is 0 Å². The lowest BCUT2D eigenvalue weighted by Crippen LogP contribution is -2.62. The van der Waals surface area contributed by atoms with Gasteiger partial charge in [-0.1, -0.05) is 6.07 Å². The Hall–Kier alpha value is -1.50. The molecule has 6 nitrogen and oxygen atoms in total. The zero-order chi connectivity index (χ0) is 18.1. The van der Waals surface area contributed by atoms with Gasteiger partial charge in [0.1, 0.15) is 0 Å². The number of benzene rings is 1. The fraction of sp³-hybridized carbons (Fsp3) is 0.700. The summed E-state index contributed by atoms with van der Waals surface area (Å²) in [6, 6.07) is 5.19. The van der Waals surface area contributed by atoms with Gasteiger partial charge < -0.3 is 18.9 Å². The van der Waals surface area contributed by atoms with E-state index in [9.17, 15) is 0 Å². The molecule has 6 heteroatoms. The normalized spacial score (nSPS) is 27.0. The largest absolute Gasteiger partial charge is 0.493 e. The average Bonchev–Trinajstić information content (AvgIpc) is 3.52. The Morgan fingerprint density at radius 2 is 1.81 bits per heavy atom. The molecule has 1 saturated carbocycles. The van der Waals surface area contributed by atoms with Gasteiger partial charge in [0.15, 0.2) is 11.5 Å². The first-order chi connectivity index (χ1) is 12.7. The lowest BCUT2D eigenvalue weighted by molar-refractivity contribution is -0.0880. The highest BCUT2D eigenvalue weighted by Crippen LogP contribution is 2.41. The fourth-order valence-electron chi connectivity index (χ4n) is 4.50. The third-order valence-electron chi connectivity index (χ3n) is 5.98. The van der Waals surface area contributed by atoms with Gasteiger partial charge in [0.25, 0.3) is 0 Å². The quantitative estimate of drug-likeness (QED) is 0.771. The summed E-state index contributed by atoms with van der Waals surface area (Å²) < 4.78 is 22.5. The first-order valence-electron chi connectivity index (χ1n) is 9.58. The summed E-state index contributed by atoms with van der Waals surface area (Å²) in [6.45, 7) is 5.87. The van der Waals surface area contributed by atoms with Crippen LogP contribution in [0.15, 0.2) is 12.1 Å². The predicted molar refractivity (Wildman–Crippen MR) is 99.2 cm³/mol. The van der Waals surface area contributed by atoms with E-state index in [0.29, 0.717) is 23.6 Å². The number of hydrogen-bond donors (Lipinski definition) is 0. The Kier molecular flexibility index (Phi) is 5.25. The highest BCUT2D eigenvalue weighted by molar-refractivity contribution is 5.55. The molecule has 0 unspecified atom stereocenters. The second-order valence-electron chi connectivity index (χ2n) is 7.56. The van der Waals surface area contributed by atoms with Crippen molar-refractivity contribution in [3.05, 3.63) is 17.7 Å². The summed E-state index contributed by atoms with van der Waals surface area (Å²) in [5.41, 5.74) is 1.13. The van der Waals surface area contributed by atoms with E-state index in [1.54, 1.807) is 21.3 Å². The molecule has 144 valence electrons. The molecule has 3 fully saturated rings. The Bertz CT molecular complexity index is 634. The van der Waals surface area contributed by atoms with Crippen LogP contribution < -0.4 is 14.2 Å². The molecule has 1 aromatic rings. The van der Waals surface area contributed by atoms with Crippen LogP contribution >= 0.6 is 0 Å². The van der Waals surface area contributed by atoms with Crippen LogP contribution in [0.2, 0.25) is 0 Å². The second-order valence-corrected chi connectivity index (χ2v) is 7.56. The van der Waals surface area contributed by atoms with Crippen molar-refractivity contribution in [1.82, 2.24) is 9.80 Å². The van der Waals surface area contributed by atoms with Crippen LogP contribution in [0.3, 0.4) is 0 Å². The van der Waals surface area contributed by atoms with Crippen LogP contribution in [0, 0.1) is 5.92 Å². The van der Waals surface area contributed by atoms with Crippen molar-refractivity contribution in [3.8, 4) is 17.2 Å². The van der Waals surface area contributed by atoms with Gasteiger partial charge in [-0.3, -0.25) is 9.80 Å². The van der Waals surface area contributed by atoms with Crippen molar-refractivity contribution >= 4 is 0 Å². The highest BCUT2D eigenvalue weighted by Gasteiger charge is 2.42. The third-order valence-corrected chi connectivity index (χ3v) is 5.98. The molecular formula is C20H30N2O4. The minimum Gasteiger partial charge on any atom is -0.493 e. The lowest BCUT2D eigenvalue weighted by Gasteiger charge is -2.48. The van der Waals surface area contributed by atoms with Gasteiger partial charge in [-0.05, 0) is 24.8 Å². The van der Waals surface area contributed by atoms with Crippen LogP contribution in [0.25, 0.3) is 0 Å². The van der Waals surface area contributed by atoms with E-state index in [-0.39, 0.29) is 0 Å². The van der Waals surface area contributed by atoms with E-state index in [2.05, 4.69) is 15.9 Å². The highest BCUT2D eigenvalue weighted by atomic mass is 16.5. The lowest BCUT2D eigenvalue weighted by atomic mass is 10.0. The van der Waals surface area contributed by atoms with E-state index < -0.39 is 0 Å². The van der Waals surface area contributed by atoms with Gasteiger partial charge in [0.2, 0.25) is 5.75 Å². The van der Waals surface area contributed by atoms with Crippen LogP contribution in [-0.2, 0) is 11.3 Å². The standard InChI is InChI=1S/C20H30N2O4/c1-23-18-7-6-15(19(24-2)20(18)25-3)10-21-8-9-22-16(11-21)12-26-13-17(22)14-4-5-14/h6-7,14,16-17H,4-5,8-13H2,1-3H3/t16-,17-/m1/s1. The summed E-state index contributed by atoms with van der Waals surface area (Å²) in [5.74, 6) is 3.01. The van der Waals surface area contributed by atoms with Crippen molar-refractivity contribution in [2.75, 3.05) is 54.2 Å². The average molecular weight is 362 g/mol. The molecule has 0 N–H and O–H groups in total. The molecule has 26 heavy (non-hydrogen) atoms. The summed E-state index contributed by atoms with van der Waals surface area (Å²) in [6.07, 6.45) is 2.76. The van der Waals surface area contributed by atoms with Crippen LogP contribution in [0.5, 0.6) is 17.2 Å². The van der Waals surface area contributed by atoms with Gasteiger partial charge in [-0.15, -0.1) is 0 Å². The number of ether oxygens (including phenoxy) is 4. The maximum Gasteiger partial charge on any atom is 0.203 e. The molecule has 1 aliphatic carbocycles. The van der Waals surface area contributed by atoms with E-state index in [4.69, 9.17) is 18.9 Å². The molecule has 2 heterocycles. The maximum atomic E-state index is 5.93.